The van der Waals surface area contributed by atoms with Crippen molar-refractivity contribution in [2.45, 2.75) is 38.7 Å². The molecule has 1 saturated heterocycles. The van der Waals surface area contributed by atoms with Crippen molar-refractivity contribution in [1.82, 2.24) is 14.8 Å². The van der Waals surface area contributed by atoms with Gasteiger partial charge in [-0.3, -0.25) is 4.79 Å². The predicted molar refractivity (Wildman–Crippen MR) is 138 cm³/mol. The van der Waals surface area contributed by atoms with Crippen LogP contribution in [0.1, 0.15) is 48.0 Å². The summed E-state index contributed by atoms with van der Waals surface area (Å²) >= 11 is 6.27. The standard InChI is InChI=1S/C27H35ClN4O3/c1-30(2)25(33)22-9-10-23(29-24(22)28)31(3)14-11-21-17-27(18-21)12-15-32(16-13-27)26(34)35-19-20-7-5-4-6-8-20/h4-10,21H,11-19H2,1-3H3. The summed E-state index contributed by atoms with van der Waals surface area (Å²) < 4.78 is 5.50. The maximum Gasteiger partial charge on any atom is 0.410 e. The average molecular weight is 499 g/mol. The Morgan fingerprint density at radius 3 is 2.40 bits per heavy atom. The number of benzene rings is 1. The minimum absolute atomic E-state index is 0.146. The molecule has 2 aliphatic rings. The molecule has 1 spiro atoms. The zero-order valence-corrected chi connectivity index (χ0v) is 21.6. The first kappa shape index (κ1) is 25.3. The number of carbonyl (C=O) groups excluding carboxylic acids is 2. The third-order valence-electron chi connectivity index (χ3n) is 7.47. The number of amides is 2. The highest BCUT2D eigenvalue weighted by atomic mass is 35.5. The monoisotopic (exact) mass is 498 g/mol. The van der Waals surface area contributed by atoms with E-state index >= 15 is 0 Å². The number of ether oxygens (including phenoxy) is 1. The molecule has 0 radical (unpaired) electrons. The van der Waals surface area contributed by atoms with Crippen molar-refractivity contribution >= 4 is 29.4 Å². The van der Waals surface area contributed by atoms with Gasteiger partial charge in [-0.15, -0.1) is 0 Å². The van der Waals surface area contributed by atoms with Gasteiger partial charge in [-0.1, -0.05) is 41.9 Å². The van der Waals surface area contributed by atoms with Crippen molar-refractivity contribution in [1.29, 1.82) is 0 Å². The Morgan fingerprint density at radius 2 is 1.77 bits per heavy atom. The van der Waals surface area contributed by atoms with Crippen molar-refractivity contribution in [2.75, 3.05) is 45.7 Å². The van der Waals surface area contributed by atoms with E-state index in [2.05, 4.69) is 9.88 Å². The molecule has 0 N–H and O–H groups in total. The lowest BCUT2D eigenvalue weighted by atomic mass is 9.57. The lowest BCUT2D eigenvalue weighted by Gasteiger charge is -2.52. The quantitative estimate of drug-likeness (QED) is 0.497. The van der Waals surface area contributed by atoms with Crippen LogP contribution in [0.4, 0.5) is 10.6 Å². The number of rotatable bonds is 7. The van der Waals surface area contributed by atoms with Gasteiger partial charge in [-0.05, 0) is 61.1 Å². The molecule has 2 amide bonds. The fourth-order valence-electron chi connectivity index (χ4n) is 5.28. The van der Waals surface area contributed by atoms with Crippen LogP contribution in [-0.2, 0) is 11.3 Å². The van der Waals surface area contributed by atoms with Gasteiger partial charge in [0, 0.05) is 40.8 Å². The highest BCUT2D eigenvalue weighted by Crippen LogP contribution is 2.53. The van der Waals surface area contributed by atoms with Crippen LogP contribution in [-0.4, -0.2) is 67.6 Å². The third-order valence-corrected chi connectivity index (χ3v) is 7.75. The minimum atomic E-state index is -0.203. The number of carbonyl (C=O) groups is 2. The van der Waals surface area contributed by atoms with E-state index in [1.165, 1.54) is 17.7 Å². The summed E-state index contributed by atoms with van der Waals surface area (Å²) in [5.41, 5.74) is 1.82. The van der Waals surface area contributed by atoms with Crippen LogP contribution in [0.25, 0.3) is 0 Å². The maximum atomic E-state index is 12.4. The minimum Gasteiger partial charge on any atom is -0.445 e. The first-order valence-corrected chi connectivity index (χ1v) is 12.7. The number of hydrogen-bond acceptors (Lipinski definition) is 5. The molecule has 1 aliphatic carbocycles. The Labute approximate surface area is 213 Å². The van der Waals surface area contributed by atoms with E-state index in [4.69, 9.17) is 16.3 Å². The summed E-state index contributed by atoms with van der Waals surface area (Å²) in [5, 5.41) is 0.240. The van der Waals surface area contributed by atoms with E-state index in [-0.39, 0.29) is 17.2 Å². The Hall–Kier alpha value is -2.80. The Kier molecular flexibility index (Phi) is 7.85. The summed E-state index contributed by atoms with van der Waals surface area (Å²) in [6.07, 6.45) is 5.44. The second-order valence-electron chi connectivity index (χ2n) is 10.2. The second kappa shape index (κ2) is 10.9. The molecule has 2 heterocycles. The molecular weight excluding hydrogens is 464 g/mol. The van der Waals surface area contributed by atoms with E-state index in [0.717, 1.165) is 50.3 Å². The molecule has 188 valence electrons. The highest BCUT2D eigenvalue weighted by Gasteiger charge is 2.46. The van der Waals surface area contributed by atoms with E-state index < -0.39 is 0 Å². The molecule has 1 saturated carbocycles. The summed E-state index contributed by atoms with van der Waals surface area (Å²) in [5.74, 6) is 1.33. The van der Waals surface area contributed by atoms with Crippen molar-refractivity contribution in [2.24, 2.45) is 11.3 Å². The Morgan fingerprint density at radius 1 is 1.09 bits per heavy atom. The van der Waals surface area contributed by atoms with Crippen molar-refractivity contribution < 1.29 is 14.3 Å². The molecule has 4 rings (SSSR count). The van der Waals surface area contributed by atoms with Gasteiger partial charge in [0.1, 0.15) is 17.6 Å². The number of anilines is 1. The lowest BCUT2D eigenvalue weighted by molar-refractivity contribution is -0.0159. The lowest BCUT2D eigenvalue weighted by Crippen LogP contribution is -2.49. The number of halogens is 1. The molecule has 8 heteroatoms. The fraction of sp³-hybridized carbons (Fsp3) is 0.519. The van der Waals surface area contributed by atoms with Crippen molar-refractivity contribution in [3.63, 3.8) is 0 Å². The maximum absolute atomic E-state index is 12.4. The van der Waals surface area contributed by atoms with Crippen LogP contribution in [0.2, 0.25) is 5.15 Å². The Bertz CT molecular complexity index is 1030. The van der Waals surface area contributed by atoms with Gasteiger partial charge in [0.25, 0.3) is 5.91 Å². The summed E-state index contributed by atoms with van der Waals surface area (Å²) in [7, 11) is 5.41. The van der Waals surface area contributed by atoms with Crippen LogP contribution < -0.4 is 4.90 Å². The van der Waals surface area contributed by atoms with Gasteiger partial charge in [-0.2, -0.15) is 0 Å². The summed E-state index contributed by atoms with van der Waals surface area (Å²) in [6, 6.07) is 13.4. The van der Waals surface area contributed by atoms with Gasteiger partial charge in [-0.25, -0.2) is 9.78 Å². The molecule has 2 fully saturated rings. The van der Waals surface area contributed by atoms with E-state index in [9.17, 15) is 9.59 Å². The first-order valence-electron chi connectivity index (χ1n) is 12.3. The zero-order valence-electron chi connectivity index (χ0n) is 20.9. The molecule has 35 heavy (non-hydrogen) atoms. The normalized spacial score (nSPS) is 17.1. The predicted octanol–water partition coefficient (Wildman–Crippen LogP) is 5.09. The van der Waals surface area contributed by atoms with Gasteiger partial charge in [0.15, 0.2) is 0 Å². The van der Waals surface area contributed by atoms with Gasteiger partial charge in [0.2, 0.25) is 0 Å². The first-order chi connectivity index (χ1) is 16.8. The average Bonchev–Trinajstić information content (AvgIpc) is 2.85. The largest absolute Gasteiger partial charge is 0.445 e. The number of aromatic nitrogens is 1. The molecular formula is C27H35ClN4O3. The molecule has 7 nitrogen and oxygen atoms in total. The van der Waals surface area contributed by atoms with Crippen LogP contribution in [0.3, 0.4) is 0 Å². The third kappa shape index (κ3) is 6.07. The summed E-state index contributed by atoms with van der Waals surface area (Å²) in [4.78, 5) is 34.5. The molecule has 1 aromatic carbocycles. The van der Waals surface area contributed by atoms with Gasteiger partial charge >= 0.3 is 6.09 Å². The SMILES string of the molecule is CN(C)C(=O)c1ccc(N(C)CCC2CC3(CCN(C(=O)OCc4ccccc4)CC3)C2)nc1Cl. The zero-order chi connectivity index (χ0) is 25.0. The fourth-order valence-corrected chi connectivity index (χ4v) is 5.51. The number of likely N-dealkylation sites (tertiary alicyclic amines) is 1. The molecule has 0 unspecified atom stereocenters. The number of pyridine rings is 1. The molecule has 0 bridgehead atoms. The highest BCUT2D eigenvalue weighted by molar-refractivity contribution is 6.32. The van der Waals surface area contributed by atoms with Gasteiger partial charge in [0.05, 0.1) is 5.56 Å². The van der Waals surface area contributed by atoms with E-state index in [1.807, 2.05) is 48.3 Å². The molecule has 0 atom stereocenters. The van der Waals surface area contributed by atoms with Crippen LogP contribution in [0, 0.1) is 11.3 Å². The smallest absolute Gasteiger partial charge is 0.410 e. The van der Waals surface area contributed by atoms with Crippen LogP contribution in [0.15, 0.2) is 42.5 Å². The number of nitrogens with zero attached hydrogens (tertiary/aromatic N) is 4. The number of hydrogen-bond donors (Lipinski definition) is 0. The van der Waals surface area contributed by atoms with Crippen LogP contribution in [0.5, 0.6) is 0 Å². The molecule has 1 aromatic heterocycles. The molecule has 2 aromatic rings. The molecule has 1 aliphatic heterocycles. The van der Waals surface area contributed by atoms with Crippen molar-refractivity contribution in [3.05, 3.63) is 58.7 Å². The van der Waals surface area contributed by atoms with E-state index in [0.29, 0.717) is 23.5 Å². The summed E-state index contributed by atoms with van der Waals surface area (Å²) in [6.45, 7) is 2.77. The second-order valence-corrected chi connectivity index (χ2v) is 10.6. The van der Waals surface area contributed by atoms with Crippen molar-refractivity contribution in [3.8, 4) is 0 Å². The van der Waals surface area contributed by atoms with Gasteiger partial charge < -0.3 is 19.4 Å². The van der Waals surface area contributed by atoms with Crippen LogP contribution >= 0.6 is 11.6 Å². The van der Waals surface area contributed by atoms with E-state index in [1.54, 1.807) is 20.2 Å². The number of piperidine rings is 1. The topological polar surface area (TPSA) is 66.0 Å². The Balaban J connectivity index is 1.18.